The van der Waals surface area contributed by atoms with Crippen LogP contribution in [0.15, 0.2) is 40.9 Å². The number of hydrogen-bond acceptors (Lipinski definition) is 2. The molecule has 0 radical (unpaired) electrons. The third-order valence-corrected chi connectivity index (χ3v) is 4.68. The van der Waals surface area contributed by atoms with Gasteiger partial charge in [-0.1, -0.05) is 45.8 Å². The van der Waals surface area contributed by atoms with Crippen LogP contribution in [0.4, 0.5) is 0 Å². The van der Waals surface area contributed by atoms with Crippen molar-refractivity contribution in [3.63, 3.8) is 0 Å². The molecule has 2 nitrogen and oxygen atoms in total. The third-order valence-electron chi connectivity index (χ3n) is 3.43. The number of carbonyl (C=O) groups excluding carboxylic acids is 1. The van der Waals surface area contributed by atoms with Crippen LogP contribution in [0.3, 0.4) is 0 Å². The van der Waals surface area contributed by atoms with E-state index in [1.54, 1.807) is 6.92 Å². The minimum atomic E-state index is -0.507. The van der Waals surface area contributed by atoms with Crippen LogP contribution in [-0.2, 0) is 0 Å². The molecule has 0 spiro atoms. The van der Waals surface area contributed by atoms with Crippen LogP contribution in [0.5, 0.6) is 5.75 Å². The molecule has 2 aromatic rings. The zero-order chi connectivity index (χ0) is 15.6. The minimum Gasteiger partial charge on any atom is -0.483 e. The molecule has 2 rings (SSSR count). The molecule has 0 heterocycles. The Kier molecular flexibility index (Phi) is 4.84. The van der Waals surface area contributed by atoms with Crippen LogP contribution in [-0.4, -0.2) is 11.9 Å². The first kappa shape index (κ1) is 15.8. The van der Waals surface area contributed by atoms with Gasteiger partial charge in [-0.15, -0.1) is 0 Å². The first-order valence-electron chi connectivity index (χ1n) is 6.93. The van der Waals surface area contributed by atoms with Gasteiger partial charge in [0.15, 0.2) is 6.10 Å². The first-order valence-corrected chi connectivity index (χ1v) is 7.72. The molecule has 0 aromatic heterocycles. The summed E-state index contributed by atoms with van der Waals surface area (Å²) in [5, 5.41) is 0. The van der Waals surface area contributed by atoms with E-state index in [9.17, 15) is 4.79 Å². The van der Waals surface area contributed by atoms with Gasteiger partial charge in [-0.05, 0) is 51.0 Å². The molecule has 0 aliphatic carbocycles. The summed E-state index contributed by atoms with van der Waals surface area (Å²) in [6.45, 7) is 7.81. The molecule has 3 heteroatoms. The summed E-state index contributed by atoms with van der Waals surface area (Å²) in [6, 6.07) is 11.4. The Bertz CT molecular complexity index is 636. The molecule has 0 saturated heterocycles. The molecule has 0 bridgehead atoms. The largest absolute Gasteiger partial charge is 0.483 e. The zero-order valence-corrected chi connectivity index (χ0v) is 14.3. The van der Waals surface area contributed by atoms with Gasteiger partial charge >= 0.3 is 0 Å². The van der Waals surface area contributed by atoms with E-state index in [4.69, 9.17) is 4.74 Å². The molecule has 0 fully saturated rings. The lowest BCUT2D eigenvalue weighted by atomic mass is 10.1. The molecule has 0 aliphatic heterocycles. The fourth-order valence-corrected chi connectivity index (χ4v) is 2.41. The molecule has 0 saturated carbocycles. The van der Waals surface area contributed by atoms with E-state index in [0.717, 1.165) is 26.9 Å². The lowest BCUT2D eigenvalue weighted by molar-refractivity contribution is 0.0818. The van der Waals surface area contributed by atoms with Crippen LogP contribution in [0, 0.1) is 20.8 Å². The Balaban J connectivity index is 2.16. The number of benzene rings is 2. The van der Waals surface area contributed by atoms with Gasteiger partial charge in [0.25, 0.3) is 0 Å². The summed E-state index contributed by atoms with van der Waals surface area (Å²) in [5.41, 5.74) is 4.01. The molecule has 1 atom stereocenters. The van der Waals surface area contributed by atoms with E-state index in [2.05, 4.69) is 15.9 Å². The minimum absolute atomic E-state index is 0.00627. The van der Waals surface area contributed by atoms with Gasteiger partial charge in [-0.2, -0.15) is 0 Å². The highest BCUT2D eigenvalue weighted by molar-refractivity contribution is 9.10. The smallest absolute Gasteiger partial charge is 0.202 e. The van der Waals surface area contributed by atoms with Gasteiger partial charge in [-0.25, -0.2) is 0 Å². The number of rotatable bonds is 4. The van der Waals surface area contributed by atoms with Gasteiger partial charge in [-0.3, -0.25) is 4.79 Å². The Labute approximate surface area is 134 Å². The van der Waals surface area contributed by atoms with Gasteiger partial charge in [0.1, 0.15) is 5.75 Å². The monoisotopic (exact) mass is 346 g/mol. The lowest BCUT2D eigenvalue weighted by Gasteiger charge is -2.15. The van der Waals surface area contributed by atoms with Crippen molar-refractivity contribution in [1.82, 2.24) is 0 Å². The van der Waals surface area contributed by atoms with Crippen molar-refractivity contribution < 1.29 is 9.53 Å². The topological polar surface area (TPSA) is 26.3 Å². The number of ether oxygens (including phenoxy) is 1. The quantitative estimate of drug-likeness (QED) is 0.726. The van der Waals surface area contributed by atoms with Crippen molar-refractivity contribution in [2.75, 3.05) is 0 Å². The predicted octanol–water partition coefficient (Wildman–Crippen LogP) is 5.02. The van der Waals surface area contributed by atoms with Gasteiger partial charge in [0, 0.05) is 10.0 Å². The average Bonchev–Trinajstić information content (AvgIpc) is 2.44. The molecule has 2 aromatic carbocycles. The van der Waals surface area contributed by atoms with Crippen molar-refractivity contribution in [2.45, 2.75) is 33.8 Å². The highest BCUT2D eigenvalue weighted by Gasteiger charge is 2.17. The highest BCUT2D eigenvalue weighted by Crippen LogP contribution is 2.27. The fourth-order valence-electron chi connectivity index (χ4n) is 2.18. The van der Waals surface area contributed by atoms with Gasteiger partial charge < -0.3 is 4.74 Å². The van der Waals surface area contributed by atoms with Crippen molar-refractivity contribution in [3.05, 3.63) is 63.1 Å². The first-order chi connectivity index (χ1) is 9.88. The number of halogens is 1. The Hall–Kier alpha value is -1.61. The molecule has 21 heavy (non-hydrogen) atoms. The van der Waals surface area contributed by atoms with Gasteiger partial charge in [0.05, 0.1) is 0 Å². The van der Waals surface area contributed by atoms with E-state index in [1.165, 1.54) is 0 Å². The second-order valence-electron chi connectivity index (χ2n) is 5.36. The van der Waals surface area contributed by atoms with E-state index in [-0.39, 0.29) is 5.78 Å². The second-order valence-corrected chi connectivity index (χ2v) is 6.15. The summed E-state index contributed by atoms with van der Waals surface area (Å²) in [4.78, 5) is 12.4. The van der Waals surface area contributed by atoms with Crippen LogP contribution in [0.2, 0.25) is 0 Å². The fraction of sp³-hybridized carbons (Fsp3) is 0.278. The standard InChI is InChI=1S/C18H19BrO2/c1-11-5-7-15(8-6-11)18(20)14(4)21-16-9-12(2)17(19)13(3)10-16/h5-10,14H,1-4H3. The molecular weight excluding hydrogens is 328 g/mol. The normalized spacial score (nSPS) is 12.0. The van der Waals surface area contributed by atoms with Crippen molar-refractivity contribution in [1.29, 1.82) is 0 Å². The Morgan fingerprint density at radius 1 is 1.05 bits per heavy atom. The van der Waals surface area contributed by atoms with Crippen LogP contribution < -0.4 is 4.74 Å². The molecule has 0 N–H and O–H groups in total. The summed E-state index contributed by atoms with van der Waals surface area (Å²) in [6.07, 6.45) is -0.507. The number of hydrogen-bond donors (Lipinski definition) is 0. The van der Waals surface area contributed by atoms with Crippen molar-refractivity contribution in [2.24, 2.45) is 0 Å². The predicted molar refractivity (Wildman–Crippen MR) is 89.2 cm³/mol. The summed E-state index contributed by atoms with van der Waals surface area (Å²) >= 11 is 3.53. The SMILES string of the molecule is Cc1ccc(C(=O)C(C)Oc2cc(C)c(Br)c(C)c2)cc1. The van der Waals surface area contributed by atoms with E-state index < -0.39 is 6.10 Å². The van der Waals surface area contributed by atoms with Gasteiger partial charge in [0.2, 0.25) is 5.78 Å². The summed E-state index contributed by atoms with van der Waals surface area (Å²) in [5.74, 6) is 0.717. The Morgan fingerprint density at radius 3 is 2.10 bits per heavy atom. The molecule has 1 unspecified atom stereocenters. The maximum absolute atomic E-state index is 12.4. The highest BCUT2D eigenvalue weighted by atomic mass is 79.9. The maximum atomic E-state index is 12.4. The Morgan fingerprint density at radius 2 is 1.57 bits per heavy atom. The van der Waals surface area contributed by atoms with Crippen molar-refractivity contribution in [3.8, 4) is 5.75 Å². The number of aryl methyl sites for hydroxylation is 3. The number of Topliss-reactive ketones (excluding diaryl/α,β-unsaturated/α-hetero) is 1. The van der Waals surface area contributed by atoms with Crippen LogP contribution >= 0.6 is 15.9 Å². The number of carbonyl (C=O) groups is 1. The average molecular weight is 347 g/mol. The molecule has 110 valence electrons. The van der Waals surface area contributed by atoms with E-state index in [1.807, 2.05) is 57.2 Å². The summed E-state index contributed by atoms with van der Waals surface area (Å²) in [7, 11) is 0. The van der Waals surface area contributed by atoms with Crippen molar-refractivity contribution >= 4 is 21.7 Å². The molecule has 0 aliphatic rings. The van der Waals surface area contributed by atoms with E-state index in [0.29, 0.717) is 5.56 Å². The van der Waals surface area contributed by atoms with E-state index >= 15 is 0 Å². The molecular formula is C18H19BrO2. The maximum Gasteiger partial charge on any atom is 0.202 e. The lowest BCUT2D eigenvalue weighted by Crippen LogP contribution is -2.24. The van der Waals surface area contributed by atoms with Crippen LogP contribution in [0.1, 0.15) is 34.0 Å². The zero-order valence-electron chi connectivity index (χ0n) is 12.7. The third kappa shape index (κ3) is 3.73. The molecule has 0 amide bonds. The second kappa shape index (κ2) is 6.44. The number of ketones is 1. The van der Waals surface area contributed by atoms with Crippen LogP contribution in [0.25, 0.3) is 0 Å². The summed E-state index contributed by atoms with van der Waals surface area (Å²) < 4.78 is 6.88.